The third-order valence-corrected chi connectivity index (χ3v) is 5.42. The van der Waals surface area contributed by atoms with Gasteiger partial charge >= 0.3 is 0 Å². The molecule has 7 heteroatoms. The lowest BCUT2D eigenvalue weighted by atomic mass is 10.2. The molecular weight excluding hydrogens is 360 g/mol. The topological polar surface area (TPSA) is 72.2 Å². The Balaban J connectivity index is 1.64. The quantitative estimate of drug-likeness (QED) is 0.709. The van der Waals surface area contributed by atoms with E-state index < -0.39 is 10.0 Å². The van der Waals surface area contributed by atoms with Gasteiger partial charge in [0.15, 0.2) is 11.7 Å². The van der Waals surface area contributed by atoms with Gasteiger partial charge in [0.05, 0.1) is 11.1 Å². The van der Waals surface area contributed by atoms with Crippen molar-refractivity contribution in [1.29, 1.82) is 0 Å². The van der Waals surface area contributed by atoms with Crippen molar-refractivity contribution in [1.82, 2.24) is 9.71 Å². The molecule has 3 rings (SSSR count). The Bertz CT molecular complexity index is 949. The van der Waals surface area contributed by atoms with E-state index in [1.807, 2.05) is 12.1 Å². The van der Waals surface area contributed by atoms with Gasteiger partial charge in [0.1, 0.15) is 0 Å². The number of halogens is 1. The maximum Gasteiger partial charge on any atom is 0.240 e. The fourth-order valence-electron chi connectivity index (χ4n) is 2.36. The first-order valence-corrected chi connectivity index (χ1v) is 9.57. The summed E-state index contributed by atoms with van der Waals surface area (Å²) in [4.78, 5) is 4.25. The molecule has 1 heterocycles. The van der Waals surface area contributed by atoms with Gasteiger partial charge in [-0.25, -0.2) is 18.1 Å². The molecule has 0 bridgehead atoms. The molecule has 0 saturated carbocycles. The van der Waals surface area contributed by atoms with E-state index in [4.69, 9.17) is 16.0 Å². The highest BCUT2D eigenvalue weighted by atomic mass is 35.5. The van der Waals surface area contributed by atoms with Crippen LogP contribution in [-0.2, 0) is 16.4 Å². The molecule has 1 aromatic heterocycles. The minimum atomic E-state index is -3.55. The molecule has 0 aliphatic heterocycles. The zero-order chi connectivity index (χ0) is 17.9. The molecule has 0 atom stereocenters. The molecule has 0 radical (unpaired) electrons. The van der Waals surface area contributed by atoms with Crippen LogP contribution in [0.3, 0.4) is 0 Å². The second kappa shape index (κ2) is 7.39. The Morgan fingerprint density at radius 2 is 1.76 bits per heavy atom. The Morgan fingerprint density at radius 3 is 2.36 bits per heavy atom. The van der Waals surface area contributed by atoms with Crippen molar-refractivity contribution < 1.29 is 12.8 Å². The molecule has 0 aliphatic rings. The van der Waals surface area contributed by atoms with Crippen molar-refractivity contribution in [3.05, 3.63) is 71.2 Å². The van der Waals surface area contributed by atoms with Crippen LogP contribution in [0, 0.1) is 6.92 Å². The molecule has 0 fully saturated rings. The van der Waals surface area contributed by atoms with Crippen LogP contribution in [0.4, 0.5) is 0 Å². The van der Waals surface area contributed by atoms with Crippen molar-refractivity contribution >= 4 is 21.6 Å². The van der Waals surface area contributed by atoms with Crippen LogP contribution in [0.25, 0.3) is 11.3 Å². The Labute approximate surface area is 151 Å². The van der Waals surface area contributed by atoms with E-state index in [2.05, 4.69) is 9.71 Å². The van der Waals surface area contributed by atoms with E-state index in [1.165, 1.54) is 0 Å². The number of nitrogens with one attached hydrogen (secondary N) is 1. The molecule has 3 aromatic rings. The summed E-state index contributed by atoms with van der Waals surface area (Å²) in [6.07, 6.45) is 2.20. The van der Waals surface area contributed by atoms with Crippen LogP contribution in [-0.4, -0.2) is 19.9 Å². The van der Waals surface area contributed by atoms with Crippen molar-refractivity contribution in [3.8, 4) is 11.3 Å². The maximum atomic E-state index is 12.4. The number of sulfonamides is 1. The lowest BCUT2D eigenvalue weighted by Gasteiger charge is -2.07. The maximum absolute atomic E-state index is 12.4. The molecule has 0 unspecified atom stereocenters. The van der Waals surface area contributed by atoms with Gasteiger partial charge < -0.3 is 4.42 Å². The zero-order valence-electron chi connectivity index (χ0n) is 13.6. The number of aryl methyl sites for hydroxylation is 1. The van der Waals surface area contributed by atoms with E-state index >= 15 is 0 Å². The Hall–Kier alpha value is -2.15. The fraction of sp³-hybridized carbons (Fsp3) is 0.167. The summed E-state index contributed by atoms with van der Waals surface area (Å²) in [5, 5.41) is 0.659. The molecule has 0 aliphatic carbocycles. The first kappa shape index (κ1) is 17.7. The van der Waals surface area contributed by atoms with Crippen molar-refractivity contribution in [2.45, 2.75) is 18.2 Å². The van der Waals surface area contributed by atoms with Gasteiger partial charge in [-0.3, -0.25) is 0 Å². The minimum absolute atomic E-state index is 0.212. The predicted octanol–water partition coefficient (Wildman–Crippen LogP) is 3.82. The number of aromatic nitrogens is 1. The average Bonchev–Trinajstić information content (AvgIpc) is 3.03. The highest BCUT2D eigenvalue weighted by molar-refractivity contribution is 7.89. The first-order chi connectivity index (χ1) is 11.9. The number of benzene rings is 2. The average molecular weight is 377 g/mol. The van der Waals surface area contributed by atoms with Gasteiger partial charge in [0.25, 0.3) is 0 Å². The third kappa shape index (κ3) is 4.48. The molecule has 0 amide bonds. The van der Waals surface area contributed by atoms with Crippen LogP contribution in [0.5, 0.6) is 0 Å². The largest absolute Gasteiger partial charge is 0.441 e. The second-order valence-corrected chi connectivity index (χ2v) is 7.75. The molecular formula is C18H17ClN2O3S. The summed E-state index contributed by atoms with van der Waals surface area (Å²) in [6.45, 7) is 2.07. The van der Waals surface area contributed by atoms with Crippen molar-refractivity contribution in [2.24, 2.45) is 0 Å². The summed E-state index contributed by atoms with van der Waals surface area (Å²) >= 11 is 5.83. The van der Waals surface area contributed by atoms with Crippen molar-refractivity contribution in [3.63, 3.8) is 0 Å². The van der Waals surface area contributed by atoms with E-state index in [0.29, 0.717) is 29.6 Å². The molecule has 5 nitrogen and oxygen atoms in total. The van der Waals surface area contributed by atoms with Crippen LogP contribution < -0.4 is 4.72 Å². The monoisotopic (exact) mass is 376 g/mol. The standard InChI is InChI=1S/C18H17ClN2O3S/c1-13-20-12-18(24-13)15-4-8-17(9-5-15)25(22,23)21-11-10-14-2-6-16(19)7-3-14/h2-9,12,21H,10-11H2,1H3. The minimum Gasteiger partial charge on any atom is -0.441 e. The third-order valence-electron chi connectivity index (χ3n) is 3.69. The normalized spacial score (nSPS) is 11.6. The summed E-state index contributed by atoms with van der Waals surface area (Å²) in [6, 6.07) is 13.8. The highest BCUT2D eigenvalue weighted by Crippen LogP contribution is 2.22. The summed E-state index contributed by atoms with van der Waals surface area (Å²) in [5.74, 6) is 1.17. The number of hydrogen-bond acceptors (Lipinski definition) is 4. The highest BCUT2D eigenvalue weighted by Gasteiger charge is 2.14. The second-order valence-electron chi connectivity index (χ2n) is 5.54. The smallest absolute Gasteiger partial charge is 0.240 e. The molecule has 25 heavy (non-hydrogen) atoms. The molecule has 1 N–H and O–H groups in total. The molecule has 0 spiro atoms. The first-order valence-electron chi connectivity index (χ1n) is 7.71. The summed E-state index contributed by atoms with van der Waals surface area (Å²) in [7, 11) is -3.55. The van der Waals surface area contributed by atoms with E-state index in [0.717, 1.165) is 11.1 Å². The Morgan fingerprint density at radius 1 is 1.08 bits per heavy atom. The lowest BCUT2D eigenvalue weighted by molar-refractivity contribution is 0.534. The van der Waals surface area contributed by atoms with Crippen LogP contribution in [0.2, 0.25) is 5.02 Å². The van der Waals surface area contributed by atoms with E-state index in [-0.39, 0.29) is 4.90 Å². The van der Waals surface area contributed by atoms with Gasteiger partial charge in [-0.1, -0.05) is 23.7 Å². The predicted molar refractivity (Wildman–Crippen MR) is 97.0 cm³/mol. The van der Waals surface area contributed by atoms with Crippen LogP contribution >= 0.6 is 11.6 Å². The van der Waals surface area contributed by atoms with Crippen LogP contribution in [0.15, 0.2) is 64.0 Å². The number of rotatable bonds is 6. The number of nitrogens with zero attached hydrogens (tertiary/aromatic N) is 1. The van der Waals surface area contributed by atoms with Gasteiger partial charge in [0.2, 0.25) is 10.0 Å². The van der Waals surface area contributed by atoms with Gasteiger partial charge in [0, 0.05) is 24.1 Å². The summed E-state index contributed by atoms with van der Waals surface area (Å²) in [5.41, 5.74) is 1.80. The molecule has 2 aromatic carbocycles. The SMILES string of the molecule is Cc1ncc(-c2ccc(S(=O)(=O)NCCc3ccc(Cl)cc3)cc2)o1. The Kier molecular flexibility index (Phi) is 5.22. The number of oxazole rings is 1. The molecule has 0 saturated heterocycles. The zero-order valence-corrected chi connectivity index (χ0v) is 15.1. The van der Waals surface area contributed by atoms with Gasteiger partial charge in [-0.15, -0.1) is 0 Å². The number of hydrogen-bond donors (Lipinski definition) is 1. The van der Waals surface area contributed by atoms with E-state index in [1.54, 1.807) is 49.5 Å². The van der Waals surface area contributed by atoms with E-state index in [9.17, 15) is 8.42 Å². The summed E-state index contributed by atoms with van der Waals surface area (Å²) < 4.78 is 32.8. The van der Waals surface area contributed by atoms with Gasteiger partial charge in [-0.05, 0) is 48.4 Å². The lowest BCUT2D eigenvalue weighted by Crippen LogP contribution is -2.25. The van der Waals surface area contributed by atoms with Crippen molar-refractivity contribution in [2.75, 3.05) is 6.54 Å². The van der Waals surface area contributed by atoms with Crippen LogP contribution in [0.1, 0.15) is 11.5 Å². The fourth-order valence-corrected chi connectivity index (χ4v) is 3.52. The molecule has 130 valence electrons. The van der Waals surface area contributed by atoms with Gasteiger partial charge in [-0.2, -0.15) is 0 Å².